The van der Waals surface area contributed by atoms with Crippen molar-refractivity contribution in [3.8, 4) is 11.5 Å². The first-order valence-corrected chi connectivity index (χ1v) is 18.0. The first kappa shape index (κ1) is 34.9. The maximum atomic E-state index is 6.80. The molecule has 0 atom stereocenters. The van der Waals surface area contributed by atoms with Gasteiger partial charge in [0.2, 0.25) is 0 Å². The van der Waals surface area contributed by atoms with E-state index in [0.717, 1.165) is 17.9 Å². The van der Waals surface area contributed by atoms with Gasteiger partial charge >= 0.3 is 8.60 Å². The zero-order valence-corrected chi connectivity index (χ0v) is 29.6. The molecule has 42 heavy (non-hydrogen) atoms. The molecular formula is C38H61O3P. The van der Waals surface area contributed by atoms with Crippen LogP contribution in [0.3, 0.4) is 0 Å². The summed E-state index contributed by atoms with van der Waals surface area (Å²) >= 11 is 0. The molecular weight excluding hydrogens is 535 g/mol. The molecule has 4 heteroatoms. The number of hydrogen-bond donors (Lipinski definition) is 0. The van der Waals surface area contributed by atoms with Crippen LogP contribution in [-0.2, 0) is 15.4 Å². The monoisotopic (exact) mass is 596 g/mol. The summed E-state index contributed by atoms with van der Waals surface area (Å²) < 4.78 is 20.1. The molecule has 1 heterocycles. The highest BCUT2D eigenvalue weighted by Crippen LogP contribution is 2.55. The second-order valence-electron chi connectivity index (χ2n) is 14.8. The van der Waals surface area contributed by atoms with E-state index in [1.54, 1.807) is 0 Å². The van der Waals surface area contributed by atoms with Crippen LogP contribution in [0.25, 0.3) is 0 Å². The van der Waals surface area contributed by atoms with Crippen LogP contribution in [0.2, 0.25) is 0 Å². The van der Waals surface area contributed by atoms with Gasteiger partial charge in [-0.1, -0.05) is 161 Å². The lowest BCUT2D eigenvalue weighted by Gasteiger charge is -2.34. The predicted molar refractivity (Wildman–Crippen MR) is 182 cm³/mol. The third-order valence-electron chi connectivity index (χ3n) is 8.60. The van der Waals surface area contributed by atoms with E-state index in [-0.39, 0.29) is 16.7 Å². The van der Waals surface area contributed by atoms with Crippen LogP contribution < -0.4 is 9.05 Å². The zero-order chi connectivity index (χ0) is 30.9. The van der Waals surface area contributed by atoms with Crippen molar-refractivity contribution in [2.75, 3.05) is 6.61 Å². The Balaban J connectivity index is 1.73. The van der Waals surface area contributed by atoms with Gasteiger partial charge in [0.1, 0.15) is 11.5 Å². The van der Waals surface area contributed by atoms with E-state index >= 15 is 0 Å². The van der Waals surface area contributed by atoms with Gasteiger partial charge < -0.3 is 9.05 Å². The third-order valence-corrected chi connectivity index (χ3v) is 9.66. The molecule has 0 saturated heterocycles. The number of aryl methyl sites for hydroxylation is 2. The van der Waals surface area contributed by atoms with E-state index in [1.807, 2.05) is 0 Å². The second-order valence-corrected chi connectivity index (χ2v) is 15.9. The Labute approximate surface area is 260 Å². The molecule has 0 bridgehead atoms. The van der Waals surface area contributed by atoms with Gasteiger partial charge in [-0.15, -0.1) is 0 Å². The van der Waals surface area contributed by atoms with Crippen LogP contribution in [0.15, 0.2) is 24.3 Å². The first-order valence-electron chi connectivity index (χ1n) is 16.9. The Bertz CT molecular complexity index is 1050. The molecule has 236 valence electrons. The second kappa shape index (κ2) is 15.9. The molecule has 3 rings (SSSR count). The lowest BCUT2D eigenvalue weighted by Crippen LogP contribution is -2.20. The van der Waals surface area contributed by atoms with Gasteiger partial charge in [0.05, 0.1) is 6.61 Å². The van der Waals surface area contributed by atoms with Crippen LogP contribution in [-0.4, -0.2) is 6.61 Å². The summed E-state index contributed by atoms with van der Waals surface area (Å²) in [6.07, 6.45) is 16.0. The van der Waals surface area contributed by atoms with Gasteiger partial charge in [0.15, 0.2) is 0 Å². The summed E-state index contributed by atoms with van der Waals surface area (Å²) in [4.78, 5) is 0. The fourth-order valence-corrected chi connectivity index (χ4v) is 7.16. The minimum absolute atomic E-state index is 0.0580. The Morgan fingerprint density at radius 2 is 1.00 bits per heavy atom. The van der Waals surface area contributed by atoms with Gasteiger partial charge in [0.25, 0.3) is 0 Å². The smallest absolute Gasteiger partial charge is 0.417 e. The highest BCUT2D eigenvalue weighted by Gasteiger charge is 2.35. The summed E-state index contributed by atoms with van der Waals surface area (Å²) in [5, 5.41) is 0. The van der Waals surface area contributed by atoms with Crippen molar-refractivity contribution in [2.24, 2.45) is 0 Å². The number of fused-ring (bicyclic) bond motifs is 2. The van der Waals surface area contributed by atoms with Crippen molar-refractivity contribution in [3.63, 3.8) is 0 Å². The predicted octanol–water partition coefficient (Wildman–Crippen LogP) is 12.8. The van der Waals surface area contributed by atoms with Gasteiger partial charge in [-0.05, 0) is 31.1 Å². The third kappa shape index (κ3) is 9.99. The van der Waals surface area contributed by atoms with Gasteiger partial charge in [-0.25, -0.2) is 0 Å². The molecule has 0 amide bonds. The Hall–Kier alpha value is -1.57. The zero-order valence-electron chi connectivity index (χ0n) is 28.8. The highest BCUT2D eigenvalue weighted by atomic mass is 31.2. The number of unbranched alkanes of at least 4 members (excludes halogenated alkanes) is 11. The quantitative estimate of drug-likeness (QED) is 0.160. The summed E-state index contributed by atoms with van der Waals surface area (Å²) in [5.74, 6) is 2.04. The van der Waals surface area contributed by atoms with Crippen LogP contribution in [0, 0.1) is 13.8 Å². The fourth-order valence-electron chi connectivity index (χ4n) is 6.03. The van der Waals surface area contributed by atoms with E-state index < -0.39 is 8.60 Å². The van der Waals surface area contributed by atoms with E-state index in [9.17, 15) is 0 Å². The van der Waals surface area contributed by atoms with Crippen LogP contribution in [0.4, 0.5) is 0 Å². The molecule has 0 saturated carbocycles. The Kier molecular flexibility index (Phi) is 13.3. The molecule has 0 N–H and O–H groups in total. The molecule has 1 aliphatic rings. The van der Waals surface area contributed by atoms with E-state index in [0.29, 0.717) is 6.61 Å². The van der Waals surface area contributed by atoms with Crippen LogP contribution >= 0.6 is 8.60 Å². The maximum absolute atomic E-state index is 6.80. The average molecular weight is 597 g/mol. The lowest BCUT2D eigenvalue weighted by molar-refractivity contribution is 0.253. The van der Waals surface area contributed by atoms with E-state index in [1.165, 1.54) is 104 Å². The molecule has 0 aliphatic carbocycles. The maximum Gasteiger partial charge on any atom is 0.463 e. The molecule has 2 aromatic carbocycles. The minimum Gasteiger partial charge on any atom is -0.417 e. The van der Waals surface area contributed by atoms with Gasteiger partial charge in [-0.3, -0.25) is 4.52 Å². The van der Waals surface area contributed by atoms with Crippen molar-refractivity contribution in [2.45, 2.75) is 163 Å². The van der Waals surface area contributed by atoms with Crippen LogP contribution in [0.1, 0.15) is 172 Å². The molecule has 2 aromatic rings. The summed E-state index contributed by atoms with van der Waals surface area (Å²) in [7, 11) is -1.59. The standard InChI is InChI=1S/C38H61O3P/c1-11-12-13-14-15-16-17-18-19-20-21-22-23-39-42-40-35-31(24-28(2)26-33(35)37(5,6)7)30(4)32-25-29(3)27-34(36(32)41-42)38(8,9)10/h24-27,30H,11-23H2,1-10H3. The Morgan fingerprint density at radius 3 is 1.38 bits per heavy atom. The largest absolute Gasteiger partial charge is 0.463 e. The SMILES string of the molecule is CCCCCCCCCCCCCCOP1Oc2c(cc(C)cc2C(C)(C)C)C(C)c2cc(C)cc(C(C)(C)C)c2O1. The van der Waals surface area contributed by atoms with Crippen molar-refractivity contribution in [1.82, 2.24) is 0 Å². The molecule has 0 unspecified atom stereocenters. The normalized spacial score (nSPS) is 17.1. The molecule has 0 radical (unpaired) electrons. The molecule has 0 spiro atoms. The van der Waals surface area contributed by atoms with Crippen molar-refractivity contribution in [1.29, 1.82) is 0 Å². The van der Waals surface area contributed by atoms with Gasteiger partial charge in [-0.2, -0.15) is 0 Å². The average Bonchev–Trinajstić information content (AvgIpc) is 2.90. The number of rotatable bonds is 14. The lowest BCUT2D eigenvalue weighted by atomic mass is 9.79. The first-order chi connectivity index (χ1) is 19.8. The molecule has 0 aromatic heterocycles. The Morgan fingerprint density at radius 1 is 0.619 bits per heavy atom. The summed E-state index contributed by atoms with van der Waals surface area (Å²) in [5.41, 5.74) is 7.33. The van der Waals surface area contributed by atoms with Crippen molar-refractivity contribution in [3.05, 3.63) is 57.6 Å². The van der Waals surface area contributed by atoms with Crippen LogP contribution in [0.5, 0.6) is 11.5 Å². The summed E-state index contributed by atoms with van der Waals surface area (Å²) in [6, 6.07) is 9.18. The fraction of sp³-hybridized carbons (Fsp3) is 0.684. The molecule has 1 aliphatic heterocycles. The van der Waals surface area contributed by atoms with E-state index in [2.05, 4.69) is 93.5 Å². The van der Waals surface area contributed by atoms with Gasteiger partial charge in [0, 0.05) is 28.2 Å². The topological polar surface area (TPSA) is 27.7 Å². The summed E-state index contributed by atoms with van der Waals surface area (Å²) in [6.45, 7) is 23.2. The molecule has 0 fully saturated rings. The van der Waals surface area contributed by atoms with Crippen molar-refractivity contribution < 1.29 is 13.6 Å². The number of hydrogen-bond acceptors (Lipinski definition) is 3. The number of benzene rings is 2. The van der Waals surface area contributed by atoms with E-state index in [4.69, 9.17) is 13.6 Å². The highest BCUT2D eigenvalue weighted by molar-refractivity contribution is 7.42. The molecule has 3 nitrogen and oxygen atoms in total. The minimum atomic E-state index is -1.59. The van der Waals surface area contributed by atoms with Crippen molar-refractivity contribution >= 4 is 8.60 Å².